The highest BCUT2D eigenvalue weighted by Crippen LogP contribution is 2.31. The van der Waals surface area contributed by atoms with Gasteiger partial charge in [0, 0.05) is 11.9 Å². The molecule has 0 aliphatic rings. The van der Waals surface area contributed by atoms with Gasteiger partial charge in [0.15, 0.2) is 0 Å². The van der Waals surface area contributed by atoms with E-state index < -0.39 is 10.0 Å². The molecule has 0 amide bonds. The van der Waals surface area contributed by atoms with E-state index >= 15 is 0 Å². The molecule has 0 radical (unpaired) electrons. The fourth-order valence-electron chi connectivity index (χ4n) is 1.70. The van der Waals surface area contributed by atoms with Crippen LogP contribution in [0.2, 0.25) is 5.02 Å². The molecule has 0 spiro atoms. The second kappa shape index (κ2) is 5.79. The summed E-state index contributed by atoms with van der Waals surface area (Å²) in [7, 11) is -2.51. The molecule has 0 aliphatic carbocycles. The summed E-state index contributed by atoms with van der Waals surface area (Å²) in [4.78, 5) is 3.77. The first-order valence-electron chi connectivity index (χ1n) is 5.91. The molecule has 0 bridgehead atoms. The number of ether oxygens (including phenoxy) is 1. The molecule has 112 valence electrons. The van der Waals surface area contributed by atoms with Crippen LogP contribution in [0.15, 0.2) is 35.5 Å². The van der Waals surface area contributed by atoms with Crippen LogP contribution in [-0.4, -0.2) is 20.5 Å². The predicted molar refractivity (Wildman–Crippen MR) is 82.2 cm³/mol. The molecule has 21 heavy (non-hydrogen) atoms. The second-order valence-electron chi connectivity index (χ2n) is 4.32. The number of nitrogens with zero attached hydrogens (tertiary/aromatic N) is 1. The number of nitrogens with two attached hydrogens (primary N) is 1. The maximum atomic E-state index is 12.5. The van der Waals surface area contributed by atoms with Gasteiger partial charge in [-0.3, -0.25) is 9.71 Å². The predicted octanol–water partition coefficient (Wildman–Crippen LogP) is 2.44. The highest BCUT2D eigenvalue weighted by Gasteiger charge is 2.22. The number of aryl methyl sites for hydroxylation is 1. The molecule has 0 atom stereocenters. The van der Waals surface area contributed by atoms with Crippen LogP contribution in [0.4, 0.5) is 11.4 Å². The van der Waals surface area contributed by atoms with E-state index in [0.717, 1.165) is 5.56 Å². The highest BCUT2D eigenvalue weighted by molar-refractivity contribution is 7.92. The van der Waals surface area contributed by atoms with E-state index in [1.807, 2.05) is 0 Å². The molecule has 2 rings (SSSR count). The van der Waals surface area contributed by atoms with Crippen molar-refractivity contribution < 1.29 is 13.2 Å². The summed E-state index contributed by atoms with van der Waals surface area (Å²) in [6.07, 6.45) is 2.79. The Hall–Kier alpha value is -1.99. The van der Waals surface area contributed by atoms with Crippen molar-refractivity contribution in [3.05, 3.63) is 41.2 Å². The third kappa shape index (κ3) is 3.20. The van der Waals surface area contributed by atoms with E-state index in [4.69, 9.17) is 22.1 Å². The molecule has 1 aromatic heterocycles. The first-order valence-corrected chi connectivity index (χ1v) is 7.77. The molecule has 1 aromatic carbocycles. The summed E-state index contributed by atoms with van der Waals surface area (Å²) in [5.74, 6) is 0.203. The van der Waals surface area contributed by atoms with Crippen molar-refractivity contribution in [3.8, 4) is 5.75 Å². The van der Waals surface area contributed by atoms with Crippen molar-refractivity contribution in [3.63, 3.8) is 0 Å². The first kappa shape index (κ1) is 15.4. The van der Waals surface area contributed by atoms with Crippen LogP contribution < -0.4 is 15.2 Å². The number of rotatable bonds is 4. The van der Waals surface area contributed by atoms with E-state index in [2.05, 4.69) is 9.71 Å². The molecule has 3 N–H and O–H groups in total. The minimum absolute atomic E-state index is 0.0620. The van der Waals surface area contributed by atoms with Gasteiger partial charge in [0.05, 0.1) is 24.0 Å². The lowest BCUT2D eigenvalue weighted by Crippen LogP contribution is -2.15. The topological polar surface area (TPSA) is 94.3 Å². The third-order valence-corrected chi connectivity index (χ3v) is 4.57. The minimum atomic E-state index is -3.90. The van der Waals surface area contributed by atoms with Gasteiger partial charge in [0.1, 0.15) is 10.6 Å². The van der Waals surface area contributed by atoms with E-state index in [9.17, 15) is 8.42 Å². The maximum Gasteiger partial charge on any atom is 0.265 e. The molecular formula is C13H14ClN3O3S. The zero-order valence-electron chi connectivity index (χ0n) is 11.4. The Morgan fingerprint density at radius 1 is 1.38 bits per heavy atom. The zero-order valence-corrected chi connectivity index (χ0v) is 13.0. The molecule has 6 nitrogen and oxygen atoms in total. The smallest absolute Gasteiger partial charge is 0.265 e. The van der Waals surface area contributed by atoms with E-state index in [-0.39, 0.29) is 21.4 Å². The van der Waals surface area contributed by atoms with Gasteiger partial charge in [-0.15, -0.1) is 0 Å². The van der Waals surface area contributed by atoms with Gasteiger partial charge in [0.25, 0.3) is 10.0 Å². The van der Waals surface area contributed by atoms with Crippen molar-refractivity contribution >= 4 is 33.0 Å². The number of hydrogen-bond donors (Lipinski definition) is 2. The van der Waals surface area contributed by atoms with Crippen molar-refractivity contribution in [2.24, 2.45) is 0 Å². The minimum Gasteiger partial charge on any atom is -0.495 e. The first-order chi connectivity index (χ1) is 9.85. The second-order valence-corrected chi connectivity index (χ2v) is 6.38. The Kier molecular flexibility index (Phi) is 4.24. The van der Waals surface area contributed by atoms with Crippen LogP contribution in [0.1, 0.15) is 5.56 Å². The molecule has 0 unspecified atom stereocenters. The summed E-state index contributed by atoms with van der Waals surface area (Å²) < 4.78 is 32.4. The Balaban J connectivity index is 2.50. The van der Waals surface area contributed by atoms with Gasteiger partial charge >= 0.3 is 0 Å². The number of aromatic nitrogens is 1. The van der Waals surface area contributed by atoms with Gasteiger partial charge < -0.3 is 10.5 Å². The lowest BCUT2D eigenvalue weighted by Gasteiger charge is -2.14. The number of nitrogens with one attached hydrogen (secondary N) is 1. The van der Waals surface area contributed by atoms with Crippen LogP contribution in [0.3, 0.4) is 0 Å². The monoisotopic (exact) mass is 327 g/mol. The molecule has 8 heteroatoms. The third-order valence-electron chi connectivity index (χ3n) is 2.85. The lowest BCUT2D eigenvalue weighted by molar-refractivity contribution is 0.402. The standard InChI is InChI=1S/C13H14ClN3O3S/c1-8-5-12(20-2)13(6-10(8)15)21(18,19)17-11-7-16-4-3-9(11)14/h3-7,17H,15H2,1-2H3. The molecular weight excluding hydrogens is 314 g/mol. The summed E-state index contributed by atoms with van der Waals surface area (Å²) in [5, 5.41) is 0.243. The van der Waals surface area contributed by atoms with Crippen molar-refractivity contribution in [1.82, 2.24) is 4.98 Å². The van der Waals surface area contributed by atoms with Crippen LogP contribution in [0.25, 0.3) is 0 Å². The lowest BCUT2D eigenvalue weighted by atomic mass is 10.2. The van der Waals surface area contributed by atoms with E-state index in [1.165, 1.54) is 31.6 Å². The average Bonchev–Trinajstić information content (AvgIpc) is 2.43. The van der Waals surface area contributed by atoms with E-state index in [0.29, 0.717) is 5.69 Å². The summed E-state index contributed by atoms with van der Waals surface area (Å²) in [6, 6.07) is 4.40. The van der Waals surface area contributed by atoms with Gasteiger partial charge in [-0.25, -0.2) is 8.42 Å². The number of halogens is 1. The van der Waals surface area contributed by atoms with Crippen LogP contribution in [-0.2, 0) is 10.0 Å². The van der Waals surface area contributed by atoms with Gasteiger partial charge in [-0.05, 0) is 30.7 Å². The van der Waals surface area contributed by atoms with Crippen molar-refractivity contribution in [1.29, 1.82) is 0 Å². The highest BCUT2D eigenvalue weighted by atomic mass is 35.5. The van der Waals surface area contributed by atoms with Gasteiger partial charge in [0.2, 0.25) is 0 Å². The number of nitrogen functional groups attached to an aromatic ring is 1. The number of hydrogen-bond acceptors (Lipinski definition) is 5. The maximum absolute atomic E-state index is 12.5. The quantitative estimate of drug-likeness (QED) is 0.841. The fourth-order valence-corrected chi connectivity index (χ4v) is 3.16. The van der Waals surface area contributed by atoms with Crippen molar-refractivity contribution in [2.45, 2.75) is 11.8 Å². The molecule has 0 saturated carbocycles. The van der Waals surface area contributed by atoms with Crippen LogP contribution >= 0.6 is 11.6 Å². The Morgan fingerprint density at radius 2 is 2.10 bits per heavy atom. The molecule has 0 aliphatic heterocycles. The summed E-state index contributed by atoms with van der Waals surface area (Å²) in [5.41, 5.74) is 7.04. The zero-order chi connectivity index (χ0) is 15.6. The Morgan fingerprint density at radius 3 is 2.71 bits per heavy atom. The SMILES string of the molecule is COc1cc(C)c(N)cc1S(=O)(=O)Nc1cnccc1Cl. The number of anilines is 2. The number of sulfonamides is 1. The van der Waals surface area contributed by atoms with Gasteiger partial charge in [-0.1, -0.05) is 11.6 Å². The average molecular weight is 328 g/mol. The fraction of sp³-hybridized carbons (Fsp3) is 0.154. The molecule has 1 heterocycles. The number of benzene rings is 1. The summed E-state index contributed by atoms with van der Waals surface area (Å²) in [6.45, 7) is 1.76. The Bertz CT molecular complexity index is 778. The number of pyridine rings is 1. The molecule has 0 fully saturated rings. The van der Waals surface area contributed by atoms with E-state index in [1.54, 1.807) is 13.0 Å². The molecule has 2 aromatic rings. The normalized spacial score (nSPS) is 11.2. The summed E-state index contributed by atoms with van der Waals surface area (Å²) >= 11 is 5.93. The van der Waals surface area contributed by atoms with Crippen molar-refractivity contribution in [2.75, 3.05) is 17.6 Å². The van der Waals surface area contributed by atoms with Crippen LogP contribution in [0.5, 0.6) is 5.75 Å². The largest absolute Gasteiger partial charge is 0.495 e. The van der Waals surface area contributed by atoms with Gasteiger partial charge in [-0.2, -0.15) is 0 Å². The molecule has 0 saturated heterocycles. The Labute approximate surface area is 128 Å². The van der Waals surface area contributed by atoms with Crippen LogP contribution in [0, 0.1) is 6.92 Å². The number of methoxy groups -OCH3 is 1.